The highest BCUT2D eigenvalue weighted by molar-refractivity contribution is 5.01. The molecular weight excluding hydrogens is 156 g/mol. The lowest BCUT2D eigenvalue weighted by molar-refractivity contribution is -0.0902. The third kappa shape index (κ3) is 1.78. The molecule has 3 saturated carbocycles. The first-order valence-electron chi connectivity index (χ1n) is 6.14. The molecule has 13 heavy (non-hydrogen) atoms. The van der Waals surface area contributed by atoms with E-state index in [2.05, 4.69) is 20.8 Å². The Morgan fingerprint density at radius 3 is 1.77 bits per heavy atom. The molecule has 0 N–H and O–H groups in total. The van der Waals surface area contributed by atoms with E-state index in [-0.39, 0.29) is 0 Å². The van der Waals surface area contributed by atoms with Gasteiger partial charge in [-0.2, -0.15) is 0 Å². The molecule has 0 aromatic heterocycles. The van der Waals surface area contributed by atoms with Crippen molar-refractivity contribution in [3.05, 3.63) is 0 Å². The zero-order valence-corrected chi connectivity index (χ0v) is 10.1. The second-order valence-electron chi connectivity index (χ2n) is 5.20. The van der Waals surface area contributed by atoms with Crippen molar-refractivity contribution in [3.63, 3.8) is 0 Å². The zero-order chi connectivity index (χ0) is 10.1. The molecule has 0 amide bonds. The van der Waals surface area contributed by atoms with Crippen LogP contribution in [0.15, 0.2) is 0 Å². The highest BCUT2D eigenvalue weighted by Gasteiger charge is 2.51. The van der Waals surface area contributed by atoms with Crippen LogP contribution in [0.5, 0.6) is 0 Å². The molecule has 3 aliphatic carbocycles. The third-order valence-electron chi connectivity index (χ3n) is 4.49. The van der Waals surface area contributed by atoms with E-state index in [9.17, 15) is 0 Å². The molecule has 2 bridgehead atoms. The van der Waals surface area contributed by atoms with Crippen molar-refractivity contribution < 1.29 is 0 Å². The van der Waals surface area contributed by atoms with Gasteiger partial charge >= 0.3 is 0 Å². The Morgan fingerprint density at radius 2 is 1.46 bits per heavy atom. The summed E-state index contributed by atoms with van der Waals surface area (Å²) in [4.78, 5) is 0. The van der Waals surface area contributed by atoms with E-state index in [1.54, 1.807) is 6.42 Å². The Labute approximate surface area is 84.1 Å². The second kappa shape index (κ2) is 4.02. The summed E-state index contributed by atoms with van der Waals surface area (Å²) in [6, 6.07) is 0. The van der Waals surface area contributed by atoms with Crippen molar-refractivity contribution in [3.8, 4) is 0 Å². The van der Waals surface area contributed by atoms with Crippen molar-refractivity contribution in [2.75, 3.05) is 0 Å². The van der Waals surface area contributed by atoms with Gasteiger partial charge in [-0.05, 0) is 42.4 Å². The van der Waals surface area contributed by atoms with Crippen molar-refractivity contribution >= 4 is 0 Å². The molecule has 3 aliphatic rings. The summed E-state index contributed by atoms with van der Waals surface area (Å²) in [6.45, 7) is 11.3. The molecule has 0 nitrogen and oxygen atoms in total. The van der Waals surface area contributed by atoms with Gasteiger partial charge in [0.05, 0.1) is 0 Å². The van der Waals surface area contributed by atoms with Crippen LogP contribution < -0.4 is 0 Å². The summed E-state index contributed by atoms with van der Waals surface area (Å²) in [6.07, 6.45) is 6.02. The molecule has 0 aromatic rings. The van der Waals surface area contributed by atoms with Gasteiger partial charge in [0.1, 0.15) is 0 Å². The third-order valence-corrected chi connectivity index (χ3v) is 4.49. The van der Waals surface area contributed by atoms with Crippen LogP contribution in [0.3, 0.4) is 0 Å². The minimum atomic E-state index is 0.714. The molecule has 0 saturated heterocycles. The molecule has 0 heterocycles. The van der Waals surface area contributed by atoms with Crippen LogP contribution in [0.1, 0.15) is 60.3 Å². The molecule has 0 aromatic carbocycles. The largest absolute Gasteiger partial charge is 0.0683 e. The average molecular weight is 182 g/mol. The lowest BCUT2D eigenvalue weighted by atomic mass is 9.46. The van der Waals surface area contributed by atoms with Crippen LogP contribution in [-0.2, 0) is 0 Å². The van der Waals surface area contributed by atoms with Gasteiger partial charge in [-0.3, -0.25) is 0 Å². The Kier molecular flexibility index (Phi) is 3.43. The van der Waals surface area contributed by atoms with Crippen LogP contribution >= 0.6 is 0 Å². The van der Waals surface area contributed by atoms with Crippen molar-refractivity contribution in [2.24, 2.45) is 23.2 Å². The Balaban J connectivity index is 0.000000396. The van der Waals surface area contributed by atoms with Crippen LogP contribution in [0.2, 0.25) is 0 Å². The highest BCUT2D eigenvalue weighted by Crippen LogP contribution is 2.60. The Morgan fingerprint density at radius 1 is 1.00 bits per heavy atom. The normalized spacial score (nSPS) is 39.9. The lowest BCUT2D eigenvalue weighted by Crippen LogP contribution is -2.50. The van der Waals surface area contributed by atoms with E-state index in [0.29, 0.717) is 5.41 Å². The smallest absolute Gasteiger partial charge is 0.0297 e. The molecule has 78 valence electrons. The fourth-order valence-electron chi connectivity index (χ4n) is 3.16. The van der Waals surface area contributed by atoms with Gasteiger partial charge in [-0.25, -0.2) is 0 Å². The van der Waals surface area contributed by atoms with Crippen LogP contribution in [0.25, 0.3) is 0 Å². The SMILES string of the molecule is CC.CCC1C[C@@H]2C[C@H](C1)C2(C)C. The van der Waals surface area contributed by atoms with Gasteiger partial charge < -0.3 is 0 Å². The number of fused-ring (bicyclic) bond motifs is 2. The van der Waals surface area contributed by atoms with E-state index >= 15 is 0 Å². The Bertz CT molecular complexity index is 143. The molecular formula is C13H26. The highest BCUT2D eigenvalue weighted by atomic mass is 14.6. The van der Waals surface area contributed by atoms with Crippen molar-refractivity contribution in [1.29, 1.82) is 0 Å². The standard InChI is InChI=1S/C11H20.C2H6/c1-4-8-5-9-7-10(6-8)11(9,2)3;1-2/h8-10H,4-7H2,1-3H3;1-2H3/t8?,9-,10+;. The first kappa shape index (κ1) is 11.1. The summed E-state index contributed by atoms with van der Waals surface area (Å²) in [5, 5.41) is 0. The molecule has 0 spiro atoms. The monoisotopic (exact) mass is 182 g/mol. The van der Waals surface area contributed by atoms with Crippen molar-refractivity contribution in [1.82, 2.24) is 0 Å². The fraction of sp³-hybridized carbons (Fsp3) is 1.00. The summed E-state index contributed by atoms with van der Waals surface area (Å²) in [5.41, 5.74) is 0.714. The predicted molar refractivity (Wildman–Crippen MR) is 59.7 cm³/mol. The molecule has 0 aliphatic heterocycles. The average Bonchev–Trinajstić information content (AvgIpc) is 2.21. The van der Waals surface area contributed by atoms with Crippen molar-refractivity contribution in [2.45, 2.75) is 60.3 Å². The quantitative estimate of drug-likeness (QED) is 0.560. The zero-order valence-electron chi connectivity index (χ0n) is 10.1. The predicted octanol–water partition coefficient (Wildman–Crippen LogP) is 4.49. The van der Waals surface area contributed by atoms with E-state index in [1.165, 1.54) is 19.3 Å². The summed E-state index contributed by atoms with van der Waals surface area (Å²) < 4.78 is 0. The van der Waals surface area contributed by atoms with E-state index in [0.717, 1.165) is 17.8 Å². The fourth-order valence-corrected chi connectivity index (χ4v) is 3.16. The first-order valence-corrected chi connectivity index (χ1v) is 6.14. The first-order chi connectivity index (χ1) is 6.14. The second-order valence-corrected chi connectivity index (χ2v) is 5.20. The maximum atomic E-state index is 2.47. The van der Waals surface area contributed by atoms with E-state index in [1.807, 2.05) is 13.8 Å². The molecule has 3 rings (SSSR count). The molecule has 0 heteroatoms. The van der Waals surface area contributed by atoms with Crippen LogP contribution in [0, 0.1) is 23.2 Å². The maximum absolute atomic E-state index is 2.47. The van der Waals surface area contributed by atoms with Gasteiger partial charge in [0.25, 0.3) is 0 Å². The molecule has 1 unspecified atom stereocenters. The summed E-state index contributed by atoms with van der Waals surface area (Å²) in [5.74, 6) is 3.23. The minimum absolute atomic E-state index is 0.714. The molecule has 0 radical (unpaired) electrons. The van der Waals surface area contributed by atoms with Gasteiger partial charge in [0, 0.05) is 0 Å². The van der Waals surface area contributed by atoms with Gasteiger partial charge in [-0.1, -0.05) is 41.0 Å². The van der Waals surface area contributed by atoms with E-state index in [4.69, 9.17) is 0 Å². The molecule has 3 fully saturated rings. The lowest BCUT2D eigenvalue weighted by Gasteiger charge is -2.59. The maximum Gasteiger partial charge on any atom is -0.0297 e. The Hall–Kier alpha value is 0. The topological polar surface area (TPSA) is 0 Å². The minimum Gasteiger partial charge on any atom is -0.0683 e. The van der Waals surface area contributed by atoms with E-state index < -0.39 is 0 Å². The number of rotatable bonds is 1. The summed E-state index contributed by atoms with van der Waals surface area (Å²) >= 11 is 0. The number of hydrogen-bond acceptors (Lipinski definition) is 0. The molecule has 3 atom stereocenters. The van der Waals surface area contributed by atoms with Gasteiger partial charge in [0.15, 0.2) is 0 Å². The van der Waals surface area contributed by atoms with Crippen LogP contribution in [-0.4, -0.2) is 0 Å². The van der Waals surface area contributed by atoms with Crippen LogP contribution in [0.4, 0.5) is 0 Å². The van der Waals surface area contributed by atoms with Gasteiger partial charge in [-0.15, -0.1) is 0 Å². The summed E-state index contributed by atoms with van der Waals surface area (Å²) in [7, 11) is 0. The number of hydrogen-bond donors (Lipinski definition) is 0. The van der Waals surface area contributed by atoms with Gasteiger partial charge in [0.2, 0.25) is 0 Å².